The molecule has 2 N–H and O–H groups in total. The first-order chi connectivity index (χ1) is 8.41. The molecule has 0 heterocycles. The van der Waals surface area contributed by atoms with Gasteiger partial charge < -0.3 is 15.4 Å². The first kappa shape index (κ1) is 14.4. The first-order valence-electron chi connectivity index (χ1n) is 6.15. The molecule has 0 fully saturated rings. The smallest absolute Gasteiger partial charge is 0.253 e. The molecular formula is C14H22N2O2. The van der Waals surface area contributed by atoms with E-state index in [9.17, 15) is 4.79 Å². The average molecular weight is 250 g/mol. The highest BCUT2D eigenvalue weighted by Gasteiger charge is 2.11. The summed E-state index contributed by atoms with van der Waals surface area (Å²) in [5, 5.41) is 0. The van der Waals surface area contributed by atoms with Crippen LogP contribution in [0.4, 0.5) is 5.69 Å². The Labute approximate surface area is 109 Å². The molecule has 0 spiro atoms. The van der Waals surface area contributed by atoms with Gasteiger partial charge in [-0.3, -0.25) is 4.79 Å². The Kier molecular flexibility index (Phi) is 5.01. The topological polar surface area (TPSA) is 55.6 Å². The number of nitrogen functional groups attached to an aromatic ring is 1. The summed E-state index contributed by atoms with van der Waals surface area (Å²) in [4.78, 5) is 13.4. The SMILES string of the molecule is CC(C)CCOc1cc(C(=O)N(C)C)ccc1N. The minimum Gasteiger partial charge on any atom is -0.491 e. The molecule has 1 rings (SSSR count). The van der Waals surface area contributed by atoms with Crippen LogP contribution in [0.25, 0.3) is 0 Å². The van der Waals surface area contributed by atoms with E-state index in [0.717, 1.165) is 6.42 Å². The lowest BCUT2D eigenvalue weighted by atomic mass is 10.1. The van der Waals surface area contributed by atoms with Crippen molar-refractivity contribution in [1.29, 1.82) is 0 Å². The zero-order chi connectivity index (χ0) is 13.7. The summed E-state index contributed by atoms with van der Waals surface area (Å²) in [7, 11) is 3.44. The van der Waals surface area contributed by atoms with E-state index in [1.807, 2.05) is 0 Å². The Morgan fingerprint density at radius 3 is 2.61 bits per heavy atom. The van der Waals surface area contributed by atoms with Crippen LogP contribution in [-0.2, 0) is 0 Å². The Balaban J connectivity index is 2.78. The predicted octanol–water partition coefficient (Wildman–Crippen LogP) is 2.40. The lowest BCUT2D eigenvalue weighted by Gasteiger charge is -2.14. The molecule has 0 saturated heterocycles. The van der Waals surface area contributed by atoms with Crippen LogP contribution in [0.2, 0.25) is 0 Å². The van der Waals surface area contributed by atoms with E-state index in [-0.39, 0.29) is 5.91 Å². The molecule has 4 nitrogen and oxygen atoms in total. The molecule has 0 aliphatic heterocycles. The van der Waals surface area contributed by atoms with Crippen LogP contribution in [0.15, 0.2) is 18.2 Å². The van der Waals surface area contributed by atoms with Gasteiger partial charge in [0.25, 0.3) is 5.91 Å². The maximum Gasteiger partial charge on any atom is 0.253 e. The fraction of sp³-hybridized carbons (Fsp3) is 0.500. The normalized spacial score (nSPS) is 10.5. The quantitative estimate of drug-likeness (QED) is 0.816. The van der Waals surface area contributed by atoms with Gasteiger partial charge >= 0.3 is 0 Å². The van der Waals surface area contributed by atoms with Crippen molar-refractivity contribution in [1.82, 2.24) is 4.90 Å². The van der Waals surface area contributed by atoms with Crippen molar-refractivity contribution in [3.05, 3.63) is 23.8 Å². The average Bonchev–Trinajstić information content (AvgIpc) is 2.30. The molecule has 0 aliphatic rings. The highest BCUT2D eigenvalue weighted by molar-refractivity contribution is 5.94. The Hall–Kier alpha value is -1.71. The summed E-state index contributed by atoms with van der Waals surface area (Å²) in [5.41, 5.74) is 6.99. The van der Waals surface area contributed by atoms with Crippen molar-refractivity contribution < 1.29 is 9.53 Å². The van der Waals surface area contributed by atoms with Crippen LogP contribution in [0, 0.1) is 5.92 Å². The monoisotopic (exact) mass is 250 g/mol. The van der Waals surface area contributed by atoms with Gasteiger partial charge in [0.05, 0.1) is 12.3 Å². The third kappa shape index (κ3) is 3.95. The summed E-state index contributed by atoms with van der Waals surface area (Å²) in [6.45, 7) is 4.89. The highest BCUT2D eigenvalue weighted by Crippen LogP contribution is 2.23. The molecule has 0 saturated carbocycles. The molecule has 1 amide bonds. The second kappa shape index (κ2) is 6.28. The van der Waals surface area contributed by atoms with Gasteiger partial charge in [-0.2, -0.15) is 0 Å². The Bertz CT molecular complexity index is 414. The fourth-order valence-electron chi connectivity index (χ4n) is 1.46. The number of benzene rings is 1. The number of carbonyl (C=O) groups excluding carboxylic acids is 1. The van der Waals surface area contributed by atoms with Crippen LogP contribution in [0.1, 0.15) is 30.6 Å². The van der Waals surface area contributed by atoms with E-state index in [1.54, 1.807) is 32.3 Å². The number of nitrogens with two attached hydrogens (primary N) is 1. The highest BCUT2D eigenvalue weighted by atomic mass is 16.5. The van der Waals surface area contributed by atoms with Crippen molar-refractivity contribution in [3.63, 3.8) is 0 Å². The zero-order valence-corrected chi connectivity index (χ0v) is 11.6. The van der Waals surface area contributed by atoms with Gasteiger partial charge in [-0.15, -0.1) is 0 Å². The van der Waals surface area contributed by atoms with Crippen molar-refractivity contribution in [2.75, 3.05) is 26.4 Å². The molecule has 0 radical (unpaired) electrons. The summed E-state index contributed by atoms with van der Waals surface area (Å²) in [6, 6.07) is 5.13. The van der Waals surface area contributed by atoms with E-state index in [2.05, 4.69) is 13.8 Å². The number of ether oxygens (including phenoxy) is 1. The Morgan fingerprint density at radius 2 is 2.06 bits per heavy atom. The zero-order valence-electron chi connectivity index (χ0n) is 11.6. The predicted molar refractivity (Wildman–Crippen MR) is 73.8 cm³/mol. The van der Waals surface area contributed by atoms with Crippen LogP contribution < -0.4 is 10.5 Å². The van der Waals surface area contributed by atoms with E-state index in [0.29, 0.717) is 29.5 Å². The van der Waals surface area contributed by atoms with Crippen molar-refractivity contribution in [2.24, 2.45) is 5.92 Å². The molecule has 0 unspecified atom stereocenters. The third-order valence-corrected chi connectivity index (χ3v) is 2.62. The minimum absolute atomic E-state index is 0.0521. The number of hydrogen-bond acceptors (Lipinski definition) is 3. The molecule has 1 aromatic carbocycles. The van der Waals surface area contributed by atoms with E-state index in [1.165, 1.54) is 4.90 Å². The van der Waals surface area contributed by atoms with Gasteiger partial charge in [0, 0.05) is 19.7 Å². The third-order valence-electron chi connectivity index (χ3n) is 2.62. The van der Waals surface area contributed by atoms with Gasteiger partial charge in [-0.25, -0.2) is 0 Å². The maximum absolute atomic E-state index is 11.8. The maximum atomic E-state index is 11.8. The first-order valence-corrected chi connectivity index (χ1v) is 6.15. The molecule has 0 aromatic heterocycles. The number of nitrogens with zero attached hydrogens (tertiary/aromatic N) is 1. The number of amides is 1. The van der Waals surface area contributed by atoms with Gasteiger partial charge in [-0.05, 0) is 30.5 Å². The Morgan fingerprint density at radius 1 is 1.39 bits per heavy atom. The van der Waals surface area contributed by atoms with Gasteiger partial charge in [0.15, 0.2) is 0 Å². The molecule has 4 heteroatoms. The number of anilines is 1. The van der Waals surface area contributed by atoms with Crippen LogP contribution >= 0.6 is 0 Å². The molecule has 100 valence electrons. The van der Waals surface area contributed by atoms with Crippen LogP contribution in [0.3, 0.4) is 0 Å². The summed E-state index contributed by atoms with van der Waals surface area (Å²) >= 11 is 0. The number of hydrogen-bond donors (Lipinski definition) is 1. The van der Waals surface area contributed by atoms with Crippen LogP contribution in [-0.4, -0.2) is 31.5 Å². The minimum atomic E-state index is -0.0521. The second-order valence-corrected chi connectivity index (χ2v) is 4.98. The second-order valence-electron chi connectivity index (χ2n) is 4.98. The van der Waals surface area contributed by atoms with E-state index in [4.69, 9.17) is 10.5 Å². The molecule has 1 aromatic rings. The van der Waals surface area contributed by atoms with Crippen molar-refractivity contribution in [2.45, 2.75) is 20.3 Å². The van der Waals surface area contributed by atoms with Crippen molar-refractivity contribution in [3.8, 4) is 5.75 Å². The van der Waals surface area contributed by atoms with Crippen molar-refractivity contribution >= 4 is 11.6 Å². The lowest BCUT2D eigenvalue weighted by Crippen LogP contribution is -2.21. The lowest BCUT2D eigenvalue weighted by molar-refractivity contribution is 0.0827. The van der Waals surface area contributed by atoms with Gasteiger partial charge in [0.2, 0.25) is 0 Å². The molecule has 0 atom stereocenters. The van der Waals surface area contributed by atoms with E-state index >= 15 is 0 Å². The molecule has 0 aliphatic carbocycles. The fourth-order valence-corrected chi connectivity index (χ4v) is 1.46. The number of carbonyl (C=O) groups is 1. The largest absolute Gasteiger partial charge is 0.491 e. The molecular weight excluding hydrogens is 228 g/mol. The number of rotatable bonds is 5. The van der Waals surface area contributed by atoms with E-state index < -0.39 is 0 Å². The summed E-state index contributed by atoms with van der Waals surface area (Å²) in [5.74, 6) is 1.12. The van der Waals surface area contributed by atoms with Gasteiger partial charge in [-0.1, -0.05) is 13.8 Å². The summed E-state index contributed by atoms with van der Waals surface area (Å²) < 4.78 is 5.62. The molecule has 0 bridgehead atoms. The van der Waals surface area contributed by atoms with Crippen LogP contribution in [0.5, 0.6) is 5.75 Å². The molecule has 18 heavy (non-hydrogen) atoms. The standard InChI is InChI=1S/C14H22N2O2/c1-10(2)7-8-18-13-9-11(5-6-12(13)15)14(17)16(3)4/h5-6,9-10H,7-8,15H2,1-4H3. The van der Waals surface area contributed by atoms with Gasteiger partial charge in [0.1, 0.15) is 5.75 Å². The summed E-state index contributed by atoms with van der Waals surface area (Å²) in [6.07, 6.45) is 0.964.